The van der Waals surface area contributed by atoms with Crippen molar-refractivity contribution in [2.24, 2.45) is 0 Å². The van der Waals surface area contributed by atoms with Crippen molar-refractivity contribution in [3.05, 3.63) is 46.1 Å². The predicted octanol–water partition coefficient (Wildman–Crippen LogP) is 4.07. The molecule has 0 amide bonds. The molecule has 0 aliphatic carbocycles. The van der Waals surface area contributed by atoms with Crippen LogP contribution in [-0.4, -0.2) is 10.1 Å². The van der Waals surface area contributed by atoms with E-state index in [0.29, 0.717) is 21.3 Å². The molecule has 1 aromatic carbocycles. The molecular weight excluding hydrogens is 245 g/mol. The number of nitrogens with zero attached hydrogens (tertiary/aromatic N) is 1. The lowest BCUT2D eigenvalue weighted by atomic mass is 10.1. The van der Waals surface area contributed by atoms with Crippen LogP contribution in [0.15, 0.2) is 30.5 Å². The lowest BCUT2D eigenvalue weighted by molar-refractivity contribution is 0.474. The van der Waals surface area contributed by atoms with Crippen LogP contribution in [0, 0.1) is 6.92 Å². The molecule has 0 saturated carbocycles. The van der Waals surface area contributed by atoms with Gasteiger partial charge in [0, 0.05) is 16.8 Å². The molecule has 1 N–H and O–H groups in total. The Morgan fingerprint density at radius 3 is 2.56 bits per heavy atom. The van der Waals surface area contributed by atoms with Crippen LogP contribution in [0.5, 0.6) is 5.75 Å². The maximum absolute atomic E-state index is 9.78. The Kier molecular flexibility index (Phi) is 3.03. The SMILES string of the molecule is Cc1cnc(-c2ccc(Cl)cc2Cl)c(O)c1. The van der Waals surface area contributed by atoms with Gasteiger partial charge in [-0.25, -0.2) is 0 Å². The van der Waals surface area contributed by atoms with Gasteiger partial charge in [-0.3, -0.25) is 4.98 Å². The molecule has 4 heteroatoms. The molecule has 1 aromatic heterocycles. The van der Waals surface area contributed by atoms with Crippen LogP contribution in [0.3, 0.4) is 0 Å². The van der Waals surface area contributed by atoms with Gasteiger partial charge in [-0.1, -0.05) is 23.2 Å². The number of pyridine rings is 1. The van der Waals surface area contributed by atoms with Crippen LogP contribution in [0.1, 0.15) is 5.56 Å². The molecule has 16 heavy (non-hydrogen) atoms. The van der Waals surface area contributed by atoms with Gasteiger partial charge >= 0.3 is 0 Å². The minimum atomic E-state index is 0.115. The van der Waals surface area contributed by atoms with Gasteiger partial charge in [-0.15, -0.1) is 0 Å². The zero-order valence-electron chi connectivity index (χ0n) is 8.54. The van der Waals surface area contributed by atoms with Crippen LogP contribution in [0.25, 0.3) is 11.3 Å². The Labute approximate surface area is 103 Å². The quantitative estimate of drug-likeness (QED) is 0.832. The van der Waals surface area contributed by atoms with Crippen molar-refractivity contribution < 1.29 is 5.11 Å². The monoisotopic (exact) mass is 253 g/mol. The predicted molar refractivity (Wildman–Crippen MR) is 66.1 cm³/mol. The first-order valence-electron chi connectivity index (χ1n) is 4.69. The van der Waals surface area contributed by atoms with Crippen LogP contribution in [0.2, 0.25) is 10.0 Å². The highest BCUT2D eigenvalue weighted by atomic mass is 35.5. The highest BCUT2D eigenvalue weighted by molar-refractivity contribution is 6.36. The van der Waals surface area contributed by atoms with E-state index in [1.165, 1.54) is 0 Å². The Bertz CT molecular complexity index is 491. The van der Waals surface area contributed by atoms with Crippen molar-refractivity contribution in [1.29, 1.82) is 0 Å². The second-order valence-electron chi connectivity index (χ2n) is 3.50. The largest absolute Gasteiger partial charge is 0.506 e. The topological polar surface area (TPSA) is 33.1 Å². The lowest BCUT2D eigenvalue weighted by Crippen LogP contribution is -1.87. The summed E-state index contributed by atoms with van der Waals surface area (Å²) in [5.74, 6) is 0.115. The fraction of sp³-hybridized carbons (Fsp3) is 0.0833. The molecule has 82 valence electrons. The molecule has 0 aliphatic rings. The molecule has 0 bridgehead atoms. The van der Waals surface area contributed by atoms with E-state index in [2.05, 4.69) is 4.98 Å². The van der Waals surface area contributed by atoms with E-state index in [1.807, 2.05) is 6.92 Å². The minimum absolute atomic E-state index is 0.115. The molecule has 2 nitrogen and oxygen atoms in total. The molecule has 0 atom stereocenters. The molecule has 0 fully saturated rings. The third kappa shape index (κ3) is 2.13. The van der Waals surface area contributed by atoms with E-state index in [9.17, 15) is 5.11 Å². The lowest BCUT2D eigenvalue weighted by Gasteiger charge is -2.06. The molecule has 0 saturated heterocycles. The van der Waals surface area contributed by atoms with Crippen molar-refractivity contribution in [3.8, 4) is 17.0 Å². The van der Waals surface area contributed by atoms with Crippen LogP contribution >= 0.6 is 23.2 Å². The Morgan fingerprint density at radius 2 is 1.94 bits per heavy atom. The minimum Gasteiger partial charge on any atom is -0.506 e. The van der Waals surface area contributed by atoms with E-state index in [1.54, 1.807) is 30.5 Å². The van der Waals surface area contributed by atoms with Gasteiger partial charge in [0.25, 0.3) is 0 Å². The molecule has 0 unspecified atom stereocenters. The van der Waals surface area contributed by atoms with Gasteiger partial charge in [0.1, 0.15) is 11.4 Å². The van der Waals surface area contributed by atoms with Gasteiger partial charge < -0.3 is 5.11 Å². The molecule has 1 heterocycles. The average Bonchev–Trinajstić information content (AvgIpc) is 2.19. The summed E-state index contributed by atoms with van der Waals surface area (Å²) in [4.78, 5) is 4.16. The highest BCUT2D eigenvalue weighted by Crippen LogP contribution is 2.34. The van der Waals surface area contributed by atoms with Crippen molar-refractivity contribution in [3.63, 3.8) is 0 Å². The average molecular weight is 254 g/mol. The second kappa shape index (κ2) is 4.32. The molecule has 0 aliphatic heterocycles. The second-order valence-corrected chi connectivity index (χ2v) is 4.35. The van der Waals surface area contributed by atoms with Gasteiger partial charge in [0.05, 0.1) is 5.02 Å². The number of rotatable bonds is 1. The van der Waals surface area contributed by atoms with Crippen molar-refractivity contribution in [2.45, 2.75) is 6.92 Å². The third-order valence-electron chi connectivity index (χ3n) is 2.19. The standard InChI is InChI=1S/C12H9Cl2NO/c1-7-4-11(16)12(15-6-7)9-3-2-8(13)5-10(9)14/h2-6,16H,1H3. The van der Waals surface area contributed by atoms with Gasteiger partial charge in [-0.2, -0.15) is 0 Å². The molecule has 0 spiro atoms. The Balaban J connectivity index is 2.59. The maximum Gasteiger partial charge on any atom is 0.142 e. The van der Waals surface area contributed by atoms with Crippen molar-refractivity contribution in [1.82, 2.24) is 4.98 Å². The zero-order chi connectivity index (χ0) is 11.7. The third-order valence-corrected chi connectivity index (χ3v) is 2.74. The van der Waals surface area contributed by atoms with Crippen LogP contribution in [-0.2, 0) is 0 Å². The number of halogens is 2. The van der Waals surface area contributed by atoms with E-state index in [0.717, 1.165) is 5.56 Å². The Hall–Kier alpha value is -1.25. The summed E-state index contributed by atoms with van der Waals surface area (Å²) in [6, 6.07) is 6.72. The summed E-state index contributed by atoms with van der Waals surface area (Å²) in [7, 11) is 0. The normalized spacial score (nSPS) is 10.4. The summed E-state index contributed by atoms with van der Waals surface area (Å²) < 4.78 is 0. The number of benzene rings is 1. The number of aryl methyl sites for hydroxylation is 1. The van der Waals surface area contributed by atoms with E-state index in [4.69, 9.17) is 23.2 Å². The smallest absolute Gasteiger partial charge is 0.142 e. The first-order chi connectivity index (χ1) is 7.58. The molecule has 2 rings (SSSR count). The van der Waals surface area contributed by atoms with Gasteiger partial charge in [-0.05, 0) is 36.8 Å². The van der Waals surface area contributed by atoms with Crippen molar-refractivity contribution in [2.75, 3.05) is 0 Å². The summed E-state index contributed by atoms with van der Waals surface area (Å²) in [5, 5.41) is 10.8. The molecule has 2 aromatic rings. The highest BCUT2D eigenvalue weighted by Gasteiger charge is 2.10. The van der Waals surface area contributed by atoms with E-state index in [-0.39, 0.29) is 5.75 Å². The number of aromatic hydroxyl groups is 1. The number of hydrogen-bond acceptors (Lipinski definition) is 2. The summed E-state index contributed by atoms with van der Waals surface area (Å²) in [6.45, 7) is 1.86. The maximum atomic E-state index is 9.78. The number of hydrogen-bond donors (Lipinski definition) is 1. The first kappa shape index (κ1) is 11.2. The Morgan fingerprint density at radius 1 is 1.19 bits per heavy atom. The van der Waals surface area contributed by atoms with Crippen molar-refractivity contribution >= 4 is 23.2 Å². The zero-order valence-corrected chi connectivity index (χ0v) is 10.0. The summed E-state index contributed by atoms with van der Waals surface area (Å²) in [5.41, 5.74) is 2.03. The van der Waals surface area contributed by atoms with Crippen LogP contribution < -0.4 is 0 Å². The fourth-order valence-electron chi connectivity index (χ4n) is 1.44. The van der Waals surface area contributed by atoms with E-state index >= 15 is 0 Å². The number of aromatic nitrogens is 1. The van der Waals surface area contributed by atoms with E-state index < -0.39 is 0 Å². The fourth-order valence-corrected chi connectivity index (χ4v) is 1.94. The summed E-state index contributed by atoms with van der Waals surface area (Å²) >= 11 is 11.8. The van der Waals surface area contributed by atoms with Gasteiger partial charge in [0.15, 0.2) is 0 Å². The molecular formula is C12H9Cl2NO. The van der Waals surface area contributed by atoms with Crippen LogP contribution in [0.4, 0.5) is 0 Å². The molecule has 0 radical (unpaired) electrons. The summed E-state index contributed by atoms with van der Waals surface area (Å²) in [6.07, 6.45) is 1.68. The van der Waals surface area contributed by atoms with Gasteiger partial charge in [0.2, 0.25) is 0 Å². The first-order valence-corrected chi connectivity index (χ1v) is 5.44.